The zero-order chi connectivity index (χ0) is 15.1. The van der Waals surface area contributed by atoms with Gasteiger partial charge < -0.3 is 15.3 Å². The van der Waals surface area contributed by atoms with E-state index in [4.69, 9.17) is 5.11 Å². The average molecular weight is 278 g/mol. The summed E-state index contributed by atoms with van der Waals surface area (Å²) in [6, 6.07) is 3.79. The van der Waals surface area contributed by atoms with Gasteiger partial charge in [-0.05, 0) is 18.2 Å². The molecule has 5 nitrogen and oxygen atoms in total. The SMILES string of the molecule is CN(C)C(=O)CNC(=O)c1cc(C#CCO)ccc1F. The van der Waals surface area contributed by atoms with Gasteiger partial charge in [-0.2, -0.15) is 0 Å². The van der Waals surface area contributed by atoms with Crippen LogP contribution in [-0.4, -0.2) is 49.1 Å². The first-order valence-electron chi connectivity index (χ1n) is 5.83. The summed E-state index contributed by atoms with van der Waals surface area (Å²) in [5.41, 5.74) is 0.214. The van der Waals surface area contributed by atoms with Crippen LogP contribution in [0.15, 0.2) is 18.2 Å². The van der Waals surface area contributed by atoms with Crippen molar-refractivity contribution >= 4 is 11.8 Å². The molecule has 0 saturated carbocycles. The maximum atomic E-state index is 13.6. The summed E-state index contributed by atoms with van der Waals surface area (Å²) in [4.78, 5) is 24.5. The van der Waals surface area contributed by atoms with Crippen molar-refractivity contribution < 1.29 is 19.1 Å². The summed E-state index contributed by atoms with van der Waals surface area (Å²) in [6.07, 6.45) is 0. The molecule has 0 fully saturated rings. The summed E-state index contributed by atoms with van der Waals surface area (Å²) < 4.78 is 13.6. The maximum absolute atomic E-state index is 13.6. The minimum Gasteiger partial charge on any atom is -0.384 e. The number of hydrogen-bond donors (Lipinski definition) is 2. The van der Waals surface area contributed by atoms with Gasteiger partial charge in [0.05, 0.1) is 12.1 Å². The van der Waals surface area contributed by atoms with Crippen molar-refractivity contribution in [2.75, 3.05) is 27.2 Å². The van der Waals surface area contributed by atoms with Crippen LogP contribution >= 0.6 is 0 Å². The van der Waals surface area contributed by atoms with Gasteiger partial charge in [0.15, 0.2) is 0 Å². The fourth-order valence-corrected chi connectivity index (χ4v) is 1.33. The van der Waals surface area contributed by atoms with Crippen molar-refractivity contribution in [2.45, 2.75) is 0 Å². The van der Waals surface area contributed by atoms with E-state index in [1.165, 1.54) is 17.0 Å². The molecule has 0 radical (unpaired) electrons. The van der Waals surface area contributed by atoms with Crippen molar-refractivity contribution in [2.24, 2.45) is 0 Å². The van der Waals surface area contributed by atoms with E-state index >= 15 is 0 Å². The van der Waals surface area contributed by atoms with Crippen molar-refractivity contribution in [3.63, 3.8) is 0 Å². The third kappa shape index (κ3) is 4.37. The van der Waals surface area contributed by atoms with Gasteiger partial charge in [0.1, 0.15) is 12.4 Å². The molecule has 106 valence electrons. The monoisotopic (exact) mass is 278 g/mol. The third-order valence-corrected chi connectivity index (χ3v) is 2.42. The predicted octanol–water partition coefficient (Wildman–Crippen LogP) is -0.0125. The molecule has 0 aromatic heterocycles. The Morgan fingerprint density at radius 1 is 1.40 bits per heavy atom. The maximum Gasteiger partial charge on any atom is 0.254 e. The normalized spacial score (nSPS) is 9.40. The zero-order valence-electron chi connectivity index (χ0n) is 11.2. The molecular formula is C14H15FN2O3. The first-order chi connectivity index (χ1) is 9.45. The van der Waals surface area contributed by atoms with Gasteiger partial charge in [0.25, 0.3) is 5.91 Å². The molecule has 0 saturated heterocycles. The minimum absolute atomic E-state index is 0.193. The molecule has 0 heterocycles. The fraction of sp³-hybridized carbons (Fsp3) is 0.286. The number of nitrogens with zero attached hydrogens (tertiary/aromatic N) is 1. The van der Waals surface area contributed by atoms with E-state index in [0.717, 1.165) is 6.07 Å². The number of carbonyl (C=O) groups excluding carboxylic acids is 2. The lowest BCUT2D eigenvalue weighted by Crippen LogP contribution is -2.36. The van der Waals surface area contributed by atoms with Gasteiger partial charge in [-0.1, -0.05) is 11.8 Å². The highest BCUT2D eigenvalue weighted by atomic mass is 19.1. The first-order valence-corrected chi connectivity index (χ1v) is 5.83. The van der Waals surface area contributed by atoms with E-state index in [1.807, 2.05) is 0 Å². The Morgan fingerprint density at radius 3 is 2.70 bits per heavy atom. The quantitative estimate of drug-likeness (QED) is 0.764. The lowest BCUT2D eigenvalue weighted by molar-refractivity contribution is -0.127. The highest BCUT2D eigenvalue weighted by Crippen LogP contribution is 2.10. The Kier molecular flexibility index (Phi) is 5.69. The molecule has 0 bridgehead atoms. The summed E-state index contributed by atoms with van der Waals surface area (Å²) >= 11 is 0. The van der Waals surface area contributed by atoms with Crippen LogP contribution in [-0.2, 0) is 4.79 Å². The number of carbonyl (C=O) groups is 2. The van der Waals surface area contributed by atoms with Crippen LogP contribution in [0.2, 0.25) is 0 Å². The van der Waals surface area contributed by atoms with E-state index in [9.17, 15) is 14.0 Å². The van der Waals surface area contributed by atoms with E-state index in [1.54, 1.807) is 14.1 Å². The molecule has 1 rings (SSSR count). The lowest BCUT2D eigenvalue weighted by atomic mass is 10.1. The summed E-state index contributed by atoms with van der Waals surface area (Å²) in [6.45, 7) is -0.534. The Bertz CT molecular complexity index is 574. The van der Waals surface area contributed by atoms with Crippen LogP contribution in [0.4, 0.5) is 4.39 Å². The van der Waals surface area contributed by atoms with Crippen molar-refractivity contribution in [1.29, 1.82) is 0 Å². The summed E-state index contributed by atoms with van der Waals surface area (Å²) in [5.74, 6) is 3.30. The smallest absolute Gasteiger partial charge is 0.254 e. The topological polar surface area (TPSA) is 69.6 Å². The Labute approximate surface area is 116 Å². The molecule has 0 atom stereocenters. The fourth-order valence-electron chi connectivity index (χ4n) is 1.33. The Balaban J connectivity index is 2.84. The molecule has 1 aromatic carbocycles. The number of aliphatic hydroxyl groups is 1. The standard InChI is InChI=1S/C14H15FN2O3/c1-17(2)13(19)9-16-14(20)11-8-10(4-3-7-18)5-6-12(11)15/h5-6,8,18H,7,9H2,1-2H3,(H,16,20). The second kappa shape index (κ2) is 7.26. The van der Waals surface area contributed by atoms with E-state index in [-0.39, 0.29) is 24.6 Å². The Morgan fingerprint density at radius 2 is 2.10 bits per heavy atom. The van der Waals surface area contributed by atoms with Crippen LogP contribution in [0.25, 0.3) is 0 Å². The molecular weight excluding hydrogens is 263 g/mol. The van der Waals surface area contributed by atoms with Crippen molar-refractivity contribution in [3.8, 4) is 11.8 Å². The van der Waals surface area contributed by atoms with Crippen molar-refractivity contribution in [1.82, 2.24) is 10.2 Å². The van der Waals surface area contributed by atoms with Crippen LogP contribution in [0.3, 0.4) is 0 Å². The van der Waals surface area contributed by atoms with Gasteiger partial charge >= 0.3 is 0 Å². The van der Waals surface area contributed by atoms with Crippen LogP contribution in [0, 0.1) is 17.7 Å². The molecule has 6 heteroatoms. The number of nitrogens with one attached hydrogen (secondary N) is 1. The number of rotatable bonds is 3. The number of aliphatic hydroxyl groups excluding tert-OH is 1. The van der Waals surface area contributed by atoms with E-state index < -0.39 is 11.7 Å². The highest BCUT2D eigenvalue weighted by molar-refractivity contribution is 5.96. The molecule has 1 aromatic rings. The van der Waals surface area contributed by atoms with Gasteiger partial charge in [-0.25, -0.2) is 4.39 Å². The van der Waals surface area contributed by atoms with Gasteiger partial charge in [-0.15, -0.1) is 0 Å². The number of halogens is 1. The predicted molar refractivity (Wildman–Crippen MR) is 71.4 cm³/mol. The molecule has 2 N–H and O–H groups in total. The summed E-state index contributed by atoms with van der Waals surface area (Å²) in [5, 5.41) is 10.9. The molecule has 0 aliphatic carbocycles. The van der Waals surface area contributed by atoms with E-state index in [2.05, 4.69) is 17.2 Å². The largest absolute Gasteiger partial charge is 0.384 e. The second-order valence-electron chi connectivity index (χ2n) is 4.13. The number of likely N-dealkylation sites (N-methyl/N-ethyl adjacent to an activating group) is 1. The first kappa shape index (κ1) is 15.7. The number of benzene rings is 1. The third-order valence-electron chi connectivity index (χ3n) is 2.42. The van der Waals surface area contributed by atoms with Gasteiger partial charge in [0, 0.05) is 19.7 Å². The second-order valence-corrected chi connectivity index (χ2v) is 4.13. The molecule has 0 aliphatic heterocycles. The molecule has 0 aliphatic rings. The van der Waals surface area contributed by atoms with E-state index in [0.29, 0.717) is 5.56 Å². The average Bonchev–Trinajstić information content (AvgIpc) is 2.43. The highest BCUT2D eigenvalue weighted by Gasteiger charge is 2.13. The van der Waals surface area contributed by atoms with Crippen molar-refractivity contribution in [3.05, 3.63) is 35.1 Å². The van der Waals surface area contributed by atoms with Gasteiger partial charge in [0.2, 0.25) is 5.91 Å². The minimum atomic E-state index is -0.700. The molecule has 0 unspecified atom stereocenters. The van der Waals surface area contributed by atoms with Crippen LogP contribution in [0.1, 0.15) is 15.9 Å². The van der Waals surface area contributed by atoms with Gasteiger partial charge in [-0.3, -0.25) is 9.59 Å². The zero-order valence-corrected chi connectivity index (χ0v) is 11.2. The Hall–Kier alpha value is -2.39. The molecule has 2 amide bonds. The number of hydrogen-bond acceptors (Lipinski definition) is 3. The van der Waals surface area contributed by atoms with Crippen LogP contribution < -0.4 is 5.32 Å². The summed E-state index contributed by atoms with van der Waals surface area (Å²) in [7, 11) is 3.11. The molecule has 0 spiro atoms. The molecule has 20 heavy (non-hydrogen) atoms. The number of amides is 2. The van der Waals surface area contributed by atoms with Crippen LogP contribution in [0.5, 0.6) is 0 Å². The lowest BCUT2D eigenvalue weighted by Gasteiger charge is -2.11.